The van der Waals surface area contributed by atoms with Crippen LogP contribution in [-0.4, -0.2) is 73.4 Å². The first-order valence-electron chi connectivity index (χ1n) is 5.68. The highest BCUT2D eigenvalue weighted by atomic mass is 16.3. The molecule has 1 aliphatic rings. The van der Waals surface area contributed by atoms with Gasteiger partial charge in [0.15, 0.2) is 0 Å². The highest BCUT2D eigenvalue weighted by Gasteiger charge is 2.30. The first kappa shape index (κ1) is 12.9. The highest BCUT2D eigenvalue weighted by molar-refractivity contribution is 4.92. The zero-order valence-corrected chi connectivity index (χ0v) is 10.5. The lowest BCUT2D eigenvalue weighted by Gasteiger charge is -2.43. The topological polar surface area (TPSA) is 38.7 Å². The second kappa shape index (κ2) is 5.25. The van der Waals surface area contributed by atoms with Gasteiger partial charge in [-0.2, -0.15) is 0 Å². The smallest absolute Gasteiger partial charge is 0.0597 e. The number of aliphatic hydroxyl groups is 1. The minimum atomic E-state index is 0.109. The fourth-order valence-electron chi connectivity index (χ4n) is 2.19. The van der Waals surface area contributed by atoms with Crippen molar-refractivity contribution in [2.45, 2.75) is 25.4 Å². The van der Waals surface area contributed by atoms with E-state index >= 15 is 0 Å². The molecule has 15 heavy (non-hydrogen) atoms. The minimum Gasteiger partial charge on any atom is -0.395 e. The molecule has 4 nitrogen and oxygen atoms in total. The molecule has 1 fully saturated rings. The Morgan fingerprint density at radius 1 is 1.47 bits per heavy atom. The van der Waals surface area contributed by atoms with Gasteiger partial charge in [-0.25, -0.2) is 0 Å². The second-order valence-corrected chi connectivity index (χ2v) is 5.45. The quantitative estimate of drug-likeness (QED) is 0.669. The standard InChI is InChI=1S/C11H25N3O/c1-11(2)9-14(6-5-13(3)4)7-10(8-15)12-11/h10,12,15H,5-9H2,1-4H3. The number of rotatable bonds is 4. The number of piperazine rings is 1. The maximum atomic E-state index is 9.22. The number of hydrogen-bond acceptors (Lipinski definition) is 4. The van der Waals surface area contributed by atoms with E-state index in [0.717, 1.165) is 26.2 Å². The van der Waals surface area contributed by atoms with Crippen LogP contribution in [0.4, 0.5) is 0 Å². The lowest BCUT2D eigenvalue weighted by atomic mass is 9.99. The third-order valence-electron chi connectivity index (χ3n) is 2.78. The van der Waals surface area contributed by atoms with Crippen molar-refractivity contribution >= 4 is 0 Å². The molecule has 0 aromatic heterocycles. The van der Waals surface area contributed by atoms with Gasteiger partial charge in [0, 0.05) is 37.8 Å². The Kier molecular flexibility index (Phi) is 4.52. The molecule has 1 aliphatic heterocycles. The third kappa shape index (κ3) is 4.47. The van der Waals surface area contributed by atoms with Crippen molar-refractivity contribution in [3.63, 3.8) is 0 Å². The number of likely N-dealkylation sites (N-methyl/N-ethyl adjacent to an activating group) is 1. The number of aliphatic hydroxyl groups excluding tert-OH is 1. The first-order valence-corrected chi connectivity index (χ1v) is 5.68. The lowest BCUT2D eigenvalue weighted by Crippen LogP contribution is -2.63. The number of nitrogens with zero attached hydrogens (tertiary/aromatic N) is 2. The summed E-state index contributed by atoms with van der Waals surface area (Å²) >= 11 is 0. The molecule has 0 amide bonds. The predicted octanol–water partition coefficient (Wildman–Crippen LogP) is -0.407. The van der Waals surface area contributed by atoms with E-state index < -0.39 is 0 Å². The lowest BCUT2D eigenvalue weighted by molar-refractivity contribution is 0.0818. The minimum absolute atomic E-state index is 0.109. The molecular formula is C11H25N3O. The predicted molar refractivity (Wildman–Crippen MR) is 63.1 cm³/mol. The van der Waals surface area contributed by atoms with E-state index in [9.17, 15) is 5.11 Å². The first-order chi connectivity index (χ1) is 6.93. The molecule has 1 unspecified atom stereocenters. The van der Waals surface area contributed by atoms with Crippen molar-refractivity contribution in [2.75, 3.05) is 46.9 Å². The van der Waals surface area contributed by atoms with Crippen LogP contribution < -0.4 is 5.32 Å². The van der Waals surface area contributed by atoms with E-state index in [2.05, 4.69) is 43.1 Å². The van der Waals surface area contributed by atoms with Crippen LogP contribution in [0.1, 0.15) is 13.8 Å². The Bertz CT molecular complexity index is 194. The fraction of sp³-hybridized carbons (Fsp3) is 1.00. The summed E-state index contributed by atoms with van der Waals surface area (Å²) in [6.07, 6.45) is 0. The zero-order valence-electron chi connectivity index (χ0n) is 10.5. The summed E-state index contributed by atoms with van der Waals surface area (Å²) in [4.78, 5) is 4.63. The Morgan fingerprint density at radius 3 is 2.67 bits per heavy atom. The molecule has 1 saturated heterocycles. The Hall–Kier alpha value is -0.160. The number of hydrogen-bond donors (Lipinski definition) is 2. The summed E-state index contributed by atoms with van der Waals surface area (Å²) in [6.45, 7) is 8.77. The van der Waals surface area contributed by atoms with E-state index in [1.807, 2.05) is 0 Å². The molecule has 4 heteroatoms. The van der Waals surface area contributed by atoms with Gasteiger partial charge in [-0.1, -0.05) is 0 Å². The van der Waals surface area contributed by atoms with Gasteiger partial charge in [-0.3, -0.25) is 4.90 Å². The van der Waals surface area contributed by atoms with Gasteiger partial charge < -0.3 is 15.3 Å². The summed E-state index contributed by atoms with van der Waals surface area (Å²) < 4.78 is 0. The summed E-state index contributed by atoms with van der Waals surface area (Å²) in [7, 11) is 4.19. The van der Waals surface area contributed by atoms with E-state index in [-0.39, 0.29) is 18.2 Å². The molecule has 0 radical (unpaired) electrons. The molecule has 1 rings (SSSR count). The maximum Gasteiger partial charge on any atom is 0.0597 e. The SMILES string of the molecule is CN(C)CCN1CC(CO)NC(C)(C)C1. The van der Waals surface area contributed by atoms with Gasteiger partial charge in [-0.05, 0) is 27.9 Å². The molecule has 1 heterocycles. The van der Waals surface area contributed by atoms with Gasteiger partial charge in [0.05, 0.1) is 6.61 Å². The van der Waals surface area contributed by atoms with Crippen LogP contribution in [-0.2, 0) is 0 Å². The third-order valence-corrected chi connectivity index (χ3v) is 2.78. The van der Waals surface area contributed by atoms with Gasteiger partial charge >= 0.3 is 0 Å². The Balaban J connectivity index is 2.43. The van der Waals surface area contributed by atoms with E-state index in [1.165, 1.54) is 0 Å². The van der Waals surface area contributed by atoms with Crippen LogP contribution in [0.5, 0.6) is 0 Å². The summed E-state index contributed by atoms with van der Waals surface area (Å²) in [6, 6.07) is 0.218. The van der Waals surface area contributed by atoms with E-state index in [4.69, 9.17) is 0 Å². The molecule has 90 valence electrons. The Morgan fingerprint density at radius 2 is 2.13 bits per heavy atom. The number of nitrogens with one attached hydrogen (secondary N) is 1. The van der Waals surface area contributed by atoms with Gasteiger partial charge in [0.2, 0.25) is 0 Å². The normalized spacial score (nSPS) is 27.2. The summed E-state index contributed by atoms with van der Waals surface area (Å²) in [5.74, 6) is 0. The van der Waals surface area contributed by atoms with Crippen LogP contribution in [0.15, 0.2) is 0 Å². The molecule has 0 spiro atoms. The van der Waals surface area contributed by atoms with Crippen molar-refractivity contribution in [1.29, 1.82) is 0 Å². The monoisotopic (exact) mass is 215 g/mol. The van der Waals surface area contributed by atoms with Gasteiger partial charge in [-0.15, -0.1) is 0 Å². The molecule has 0 bridgehead atoms. The zero-order chi connectivity index (χ0) is 11.5. The summed E-state index contributed by atoms with van der Waals surface area (Å²) in [5, 5.41) is 12.7. The maximum absolute atomic E-state index is 9.22. The van der Waals surface area contributed by atoms with Crippen molar-refractivity contribution in [3.05, 3.63) is 0 Å². The Labute approximate surface area is 93.2 Å². The van der Waals surface area contributed by atoms with E-state index in [0.29, 0.717) is 0 Å². The summed E-state index contributed by atoms with van der Waals surface area (Å²) in [5.41, 5.74) is 0.109. The molecule has 0 aliphatic carbocycles. The molecular weight excluding hydrogens is 190 g/mol. The van der Waals surface area contributed by atoms with Gasteiger partial charge in [0.1, 0.15) is 0 Å². The van der Waals surface area contributed by atoms with Gasteiger partial charge in [0.25, 0.3) is 0 Å². The molecule has 1 atom stereocenters. The van der Waals surface area contributed by atoms with Crippen LogP contribution in [0.3, 0.4) is 0 Å². The average Bonchev–Trinajstić information content (AvgIpc) is 2.12. The second-order valence-electron chi connectivity index (χ2n) is 5.45. The molecule has 2 N–H and O–H groups in total. The van der Waals surface area contributed by atoms with Crippen LogP contribution in [0.2, 0.25) is 0 Å². The van der Waals surface area contributed by atoms with Crippen molar-refractivity contribution in [1.82, 2.24) is 15.1 Å². The molecule has 0 aromatic rings. The molecule has 0 saturated carbocycles. The fourth-order valence-corrected chi connectivity index (χ4v) is 2.19. The van der Waals surface area contributed by atoms with Crippen LogP contribution >= 0.6 is 0 Å². The van der Waals surface area contributed by atoms with E-state index in [1.54, 1.807) is 0 Å². The van der Waals surface area contributed by atoms with Crippen molar-refractivity contribution in [3.8, 4) is 0 Å². The highest BCUT2D eigenvalue weighted by Crippen LogP contribution is 2.13. The van der Waals surface area contributed by atoms with Crippen LogP contribution in [0, 0.1) is 0 Å². The molecule has 0 aromatic carbocycles. The average molecular weight is 215 g/mol. The van der Waals surface area contributed by atoms with Crippen molar-refractivity contribution < 1.29 is 5.11 Å². The largest absolute Gasteiger partial charge is 0.395 e. The van der Waals surface area contributed by atoms with Crippen molar-refractivity contribution in [2.24, 2.45) is 0 Å². The van der Waals surface area contributed by atoms with Crippen LogP contribution in [0.25, 0.3) is 0 Å².